The normalized spacial score (nSPS) is 13.8. The first-order chi connectivity index (χ1) is 23.8. The van der Waals surface area contributed by atoms with Gasteiger partial charge in [0.1, 0.15) is 28.8 Å². The Bertz CT molecular complexity index is 1870. The van der Waals surface area contributed by atoms with Gasteiger partial charge in [-0.3, -0.25) is 0 Å². The first kappa shape index (κ1) is 31.6. The lowest BCUT2D eigenvalue weighted by molar-refractivity contribution is 1.42. The minimum Gasteiger partial charge on any atom is -0.0622 e. The number of rotatable bonds is 7. The average molecular weight is 654 g/mol. The fourth-order valence-electron chi connectivity index (χ4n) is 7.07. The quantitative estimate of drug-likeness (QED) is 0.151. The first-order valence-electron chi connectivity index (χ1n) is 16.5. The van der Waals surface area contributed by atoms with Gasteiger partial charge < -0.3 is 0 Å². The summed E-state index contributed by atoms with van der Waals surface area (Å²) in [7, 11) is -1.77. The molecule has 2 aliphatic carbocycles. The molecule has 0 N–H and O–H groups in total. The fourth-order valence-corrected chi connectivity index (χ4v) is 15.9. The molecule has 0 bridgehead atoms. The molecular formula is C46H39P2+. The van der Waals surface area contributed by atoms with Crippen LogP contribution in [-0.4, -0.2) is 11.0 Å². The molecule has 232 valence electrons. The van der Waals surface area contributed by atoms with Gasteiger partial charge in [0.05, 0.1) is 0 Å². The molecule has 0 radical (unpaired) electrons. The highest BCUT2D eigenvalue weighted by molar-refractivity contribution is 7.96. The molecular weight excluding hydrogens is 614 g/mol. The van der Waals surface area contributed by atoms with Gasteiger partial charge in [0.15, 0.2) is 0 Å². The third-order valence-electron chi connectivity index (χ3n) is 9.13. The van der Waals surface area contributed by atoms with Crippen molar-refractivity contribution >= 4 is 51.3 Å². The molecule has 0 atom stereocenters. The summed E-state index contributed by atoms with van der Waals surface area (Å²) in [5.41, 5.74) is 0.407. The summed E-state index contributed by atoms with van der Waals surface area (Å²) in [6.45, 7) is -1.86. The Hall–Kier alpha value is -4.99. The number of hydrogen-bond acceptors (Lipinski definition) is 0. The smallest absolute Gasteiger partial charge is 0.0622 e. The Kier molecular flexibility index (Phi) is 9.77. The minimum absolute atomic E-state index is 0.407. The zero-order valence-corrected chi connectivity index (χ0v) is 28.7. The third kappa shape index (κ3) is 5.95. The van der Waals surface area contributed by atoms with Crippen molar-refractivity contribution in [3.63, 3.8) is 0 Å². The van der Waals surface area contributed by atoms with E-state index in [0.717, 1.165) is 0 Å². The Morgan fingerprint density at radius 1 is 0.333 bits per heavy atom. The molecule has 0 fully saturated rings. The van der Waals surface area contributed by atoms with Crippen LogP contribution in [0.2, 0.25) is 0 Å². The van der Waals surface area contributed by atoms with Crippen molar-refractivity contribution in [3.05, 3.63) is 231 Å². The number of hydrogen-bond donors (Lipinski definition) is 0. The molecule has 2 aliphatic rings. The van der Waals surface area contributed by atoms with E-state index in [-0.39, 0.29) is 0 Å². The highest BCUT2D eigenvalue weighted by Crippen LogP contribution is 2.61. The van der Waals surface area contributed by atoms with Crippen LogP contribution >= 0.6 is 14.1 Å². The maximum Gasteiger partial charge on any atom is 0.122 e. The second-order valence-electron chi connectivity index (χ2n) is 11.8. The van der Waals surface area contributed by atoms with Gasteiger partial charge in [-0.2, -0.15) is 0 Å². The lowest BCUT2D eigenvalue weighted by atomic mass is 10.3. The molecule has 8 rings (SSSR count). The van der Waals surface area contributed by atoms with E-state index in [1.54, 1.807) is 0 Å². The summed E-state index contributed by atoms with van der Waals surface area (Å²) >= 11 is 0. The van der Waals surface area contributed by atoms with E-state index in [4.69, 9.17) is 0 Å². The molecule has 0 aromatic heterocycles. The van der Waals surface area contributed by atoms with Crippen molar-refractivity contribution in [3.8, 4) is 0 Å². The van der Waals surface area contributed by atoms with E-state index >= 15 is 0 Å². The average Bonchev–Trinajstić information content (AvgIpc) is 3.92. The summed E-state index contributed by atoms with van der Waals surface area (Å²) in [6.07, 6.45) is 18.0. The van der Waals surface area contributed by atoms with Crippen LogP contribution < -0.4 is 31.8 Å². The highest BCUT2D eigenvalue weighted by atomic mass is 31.2. The predicted octanol–water partition coefficient (Wildman–Crippen LogP) is 8.75. The summed E-state index contributed by atoms with van der Waals surface area (Å²) < 4.78 is 0. The largest absolute Gasteiger partial charge is 0.122 e. The van der Waals surface area contributed by atoms with Crippen LogP contribution in [0, 0.1) is 0 Å². The van der Waals surface area contributed by atoms with E-state index in [2.05, 4.69) is 231 Å². The van der Waals surface area contributed by atoms with Gasteiger partial charge in [0.25, 0.3) is 0 Å². The Morgan fingerprint density at radius 3 is 0.938 bits per heavy atom. The minimum atomic E-state index is -1.86. The van der Waals surface area contributed by atoms with Crippen molar-refractivity contribution in [1.82, 2.24) is 0 Å². The molecule has 0 amide bonds. The first-order valence-corrected chi connectivity index (χ1v) is 20.2. The van der Waals surface area contributed by atoms with Gasteiger partial charge in [-0.25, -0.2) is 0 Å². The van der Waals surface area contributed by atoms with Crippen molar-refractivity contribution in [1.29, 1.82) is 0 Å². The molecule has 0 aliphatic heterocycles. The molecule has 0 saturated carbocycles. The van der Waals surface area contributed by atoms with Crippen LogP contribution in [0.5, 0.6) is 0 Å². The van der Waals surface area contributed by atoms with Crippen LogP contribution in [0.15, 0.2) is 231 Å². The molecule has 48 heavy (non-hydrogen) atoms. The lowest BCUT2D eigenvalue weighted by Crippen LogP contribution is -2.37. The van der Waals surface area contributed by atoms with Crippen LogP contribution in [0.1, 0.15) is 0 Å². The van der Waals surface area contributed by atoms with Crippen LogP contribution in [0.4, 0.5) is 0 Å². The zero-order chi connectivity index (χ0) is 32.5. The van der Waals surface area contributed by atoms with Crippen molar-refractivity contribution in [2.75, 3.05) is 0 Å². The SMILES string of the molecule is C1=CC(=P(c2ccccc2)(c2ccccc2)c2ccccc2)C=C1.C1=CC([P+](c2ccccc2)(c2ccccc2)c2ccccc2)C=C1. The third-order valence-corrected chi connectivity index (χ3v) is 18.0. The van der Waals surface area contributed by atoms with Gasteiger partial charge >= 0.3 is 0 Å². The molecule has 2 heteroatoms. The second-order valence-corrected chi connectivity index (χ2v) is 18.8. The molecule has 0 saturated heterocycles. The fraction of sp³-hybridized carbons (Fsp3) is 0.0217. The molecule has 0 spiro atoms. The van der Waals surface area contributed by atoms with Crippen LogP contribution in [-0.2, 0) is 0 Å². The summed E-state index contributed by atoms with van der Waals surface area (Å²) in [5.74, 6) is 0. The van der Waals surface area contributed by atoms with E-state index < -0.39 is 14.1 Å². The topological polar surface area (TPSA) is 0 Å². The summed E-state index contributed by atoms with van der Waals surface area (Å²) in [6, 6.07) is 66.0. The standard InChI is InChI=1S/C23H20P.C23H19P/c2*1-4-12-20(13-5-1)24(23-18-10-11-19-23,21-14-6-2-7-15-21)22-16-8-3-9-17-22/h1-19,23H;1-19H/q+1;. The van der Waals surface area contributed by atoms with Gasteiger partial charge in [-0.15, -0.1) is 0 Å². The second kappa shape index (κ2) is 14.8. The van der Waals surface area contributed by atoms with Crippen LogP contribution in [0.3, 0.4) is 0 Å². The van der Waals surface area contributed by atoms with Gasteiger partial charge in [0, 0.05) is 0 Å². The van der Waals surface area contributed by atoms with E-state index in [9.17, 15) is 0 Å². The van der Waals surface area contributed by atoms with Crippen molar-refractivity contribution in [2.45, 2.75) is 5.66 Å². The van der Waals surface area contributed by atoms with E-state index in [1.807, 2.05) is 0 Å². The van der Waals surface area contributed by atoms with E-state index in [1.165, 1.54) is 37.1 Å². The highest BCUT2D eigenvalue weighted by Gasteiger charge is 2.50. The Balaban J connectivity index is 0.000000152. The van der Waals surface area contributed by atoms with Gasteiger partial charge in [-0.05, 0) is 76.6 Å². The molecule has 0 heterocycles. The molecule has 0 unspecified atom stereocenters. The van der Waals surface area contributed by atoms with E-state index in [0.29, 0.717) is 5.66 Å². The Morgan fingerprint density at radius 2 is 0.625 bits per heavy atom. The van der Waals surface area contributed by atoms with Crippen LogP contribution in [0.25, 0.3) is 0 Å². The zero-order valence-electron chi connectivity index (χ0n) is 26.9. The molecule has 6 aromatic rings. The van der Waals surface area contributed by atoms with Gasteiger partial charge in [0.2, 0.25) is 0 Å². The predicted molar refractivity (Wildman–Crippen MR) is 216 cm³/mol. The lowest BCUT2D eigenvalue weighted by Gasteiger charge is -2.31. The van der Waals surface area contributed by atoms with Crippen molar-refractivity contribution in [2.24, 2.45) is 0 Å². The van der Waals surface area contributed by atoms with Crippen molar-refractivity contribution < 1.29 is 0 Å². The van der Waals surface area contributed by atoms with Gasteiger partial charge in [-0.1, -0.05) is 182 Å². The molecule has 0 nitrogen and oxygen atoms in total. The Labute approximate surface area is 286 Å². The number of benzene rings is 6. The summed E-state index contributed by atoms with van der Waals surface area (Å²) in [4.78, 5) is 0. The number of allylic oxidation sites excluding steroid dienone is 8. The monoisotopic (exact) mass is 653 g/mol. The molecule has 6 aromatic carbocycles. The maximum absolute atomic E-state index is 2.36. The summed E-state index contributed by atoms with van der Waals surface area (Å²) in [5, 5.41) is 9.90. The maximum atomic E-state index is 2.36.